The van der Waals surface area contributed by atoms with Gasteiger partial charge in [0, 0.05) is 25.1 Å². The number of amides is 2. The highest BCUT2D eigenvalue weighted by Gasteiger charge is 2.25. The molecule has 0 aliphatic carbocycles. The SMILES string of the molecule is CCCCN(Cc1ccc(-c2ccccc2-c2nn[nH]n2)cc1)C(=O)NC(Cc1ccc(O)cc1)C(=O)OCC. The second-order valence-corrected chi connectivity index (χ2v) is 9.38. The summed E-state index contributed by atoms with van der Waals surface area (Å²) in [7, 11) is 0. The fraction of sp³-hybridized carbons (Fsp3) is 0.300. The molecule has 0 spiro atoms. The smallest absolute Gasteiger partial charge is 0.329 e. The fourth-order valence-corrected chi connectivity index (χ4v) is 4.36. The Morgan fingerprint density at radius 1 is 0.975 bits per heavy atom. The van der Waals surface area contributed by atoms with Gasteiger partial charge >= 0.3 is 12.0 Å². The number of carbonyl (C=O) groups is 2. The van der Waals surface area contributed by atoms with Gasteiger partial charge in [-0.1, -0.05) is 74.0 Å². The Kier molecular flexibility index (Phi) is 9.82. The standard InChI is InChI=1S/C30H34N6O4/c1-3-5-18-36(30(39)31-27(29(38)40-4-2)19-21-12-16-24(37)17-13-21)20-22-10-14-23(15-11-22)25-8-6-7-9-26(25)28-32-34-35-33-28/h6-17,27,37H,3-5,18-20H2,1-2H3,(H,31,39)(H,32,33,34,35). The number of hydrogen-bond donors (Lipinski definition) is 3. The van der Waals surface area contributed by atoms with Crippen molar-refractivity contribution >= 4 is 12.0 Å². The molecule has 208 valence electrons. The Labute approximate surface area is 233 Å². The zero-order valence-corrected chi connectivity index (χ0v) is 22.7. The molecule has 1 aromatic heterocycles. The molecule has 4 aromatic rings. The van der Waals surface area contributed by atoms with Gasteiger partial charge < -0.3 is 20.1 Å². The lowest BCUT2D eigenvalue weighted by Gasteiger charge is -2.26. The number of unbranched alkanes of at least 4 members (excludes halogenated alkanes) is 1. The summed E-state index contributed by atoms with van der Waals surface area (Å²) in [5.74, 6) is 0.157. The largest absolute Gasteiger partial charge is 0.508 e. The zero-order valence-electron chi connectivity index (χ0n) is 22.7. The first-order chi connectivity index (χ1) is 19.5. The highest BCUT2D eigenvalue weighted by molar-refractivity contribution is 5.84. The van der Waals surface area contributed by atoms with Crippen LogP contribution in [-0.2, 0) is 22.5 Å². The molecule has 0 fully saturated rings. The quantitative estimate of drug-likeness (QED) is 0.221. The van der Waals surface area contributed by atoms with Crippen molar-refractivity contribution in [3.05, 3.63) is 83.9 Å². The molecule has 0 radical (unpaired) electrons. The molecule has 1 heterocycles. The van der Waals surface area contributed by atoms with Crippen molar-refractivity contribution in [3.63, 3.8) is 0 Å². The summed E-state index contributed by atoms with van der Waals surface area (Å²) in [5, 5.41) is 26.9. The molecule has 0 aliphatic rings. The summed E-state index contributed by atoms with van der Waals surface area (Å²) in [4.78, 5) is 27.9. The predicted octanol–water partition coefficient (Wildman–Crippen LogP) is 4.73. The maximum absolute atomic E-state index is 13.4. The summed E-state index contributed by atoms with van der Waals surface area (Å²) < 4.78 is 5.24. The predicted molar refractivity (Wildman–Crippen MR) is 151 cm³/mol. The van der Waals surface area contributed by atoms with Crippen molar-refractivity contribution in [1.82, 2.24) is 30.8 Å². The maximum Gasteiger partial charge on any atom is 0.329 e. The molecule has 10 heteroatoms. The molecular formula is C30H34N6O4. The number of H-pyrrole nitrogens is 1. The molecule has 0 saturated carbocycles. The van der Waals surface area contributed by atoms with Gasteiger partial charge in [0.25, 0.3) is 0 Å². The van der Waals surface area contributed by atoms with Gasteiger partial charge in [-0.15, -0.1) is 10.2 Å². The normalized spacial score (nSPS) is 11.6. The molecule has 10 nitrogen and oxygen atoms in total. The highest BCUT2D eigenvalue weighted by Crippen LogP contribution is 2.30. The van der Waals surface area contributed by atoms with E-state index in [1.165, 1.54) is 0 Å². The third kappa shape index (κ3) is 7.43. The van der Waals surface area contributed by atoms with Gasteiger partial charge in [0.2, 0.25) is 5.82 Å². The second kappa shape index (κ2) is 13.9. The number of phenolic OH excluding ortho intramolecular Hbond substituents is 1. The van der Waals surface area contributed by atoms with Crippen LogP contribution in [0.3, 0.4) is 0 Å². The van der Waals surface area contributed by atoms with Crippen LogP contribution in [0.25, 0.3) is 22.5 Å². The van der Waals surface area contributed by atoms with Crippen LogP contribution in [0, 0.1) is 0 Å². The van der Waals surface area contributed by atoms with Gasteiger partial charge in [0.15, 0.2) is 0 Å². The first-order valence-corrected chi connectivity index (χ1v) is 13.4. The van der Waals surface area contributed by atoms with Crippen LogP contribution in [0.4, 0.5) is 4.79 Å². The molecular weight excluding hydrogens is 508 g/mol. The number of tetrazole rings is 1. The number of nitrogens with one attached hydrogen (secondary N) is 2. The molecule has 2 amide bonds. The van der Waals surface area contributed by atoms with Crippen molar-refractivity contribution in [1.29, 1.82) is 0 Å². The number of carbonyl (C=O) groups excluding carboxylic acids is 2. The minimum atomic E-state index is -0.856. The summed E-state index contributed by atoms with van der Waals surface area (Å²) in [5.41, 5.74) is 4.59. The first-order valence-electron chi connectivity index (χ1n) is 13.4. The van der Waals surface area contributed by atoms with Gasteiger partial charge in [-0.05, 0) is 52.9 Å². The van der Waals surface area contributed by atoms with Crippen molar-refractivity contribution in [2.75, 3.05) is 13.2 Å². The lowest BCUT2D eigenvalue weighted by molar-refractivity contribution is -0.145. The first kappa shape index (κ1) is 28.3. The van der Waals surface area contributed by atoms with E-state index in [0.717, 1.165) is 40.7 Å². The van der Waals surface area contributed by atoms with Gasteiger partial charge in [-0.3, -0.25) is 0 Å². The monoisotopic (exact) mass is 542 g/mol. The molecule has 1 unspecified atom stereocenters. The number of benzene rings is 3. The Morgan fingerprint density at radius 2 is 1.68 bits per heavy atom. The molecule has 0 saturated heterocycles. The van der Waals surface area contributed by atoms with E-state index in [4.69, 9.17) is 4.74 Å². The Balaban J connectivity index is 1.49. The third-order valence-electron chi connectivity index (χ3n) is 6.47. The third-order valence-corrected chi connectivity index (χ3v) is 6.47. The minimum absolute atomic E-state index is 0.135. The average Bonchev–Trinajstić information content (AvgIpc) is 3.51. The van der Waals surface area contributed by atoms with E-state index in [9.17, 15) is 14.7 Å². The fourth-order valence-electron chi connectivity index (χ4n) is 4.36. The Bertz CT molecular complexity index is 1370. The Morgan fingerprint density at radius 3 is 2.33 bits per heavy atom. The molecule has 0 bridgehead atoms. The van der Waals surface area contributed by atoms with Crippen molar-refractivity contribution in [2.24, 2.45) is 0 Å². The minimum Gasteiger partial charge on any atom is -0.508 e. The van der Waals surface area contributed by atoms with E-state index >= 15 is 0 Å². The number of aromatic nitrogens is 4. The van der Waals surface area contributed by atoms with Crippen molar-refractivity contribution in [2.45, 2.75) is 45.7 Å². The number of esters is 1. The van der Waals surface area contributed by atoms with Crippen LogP contribution < -0.4 is 5.32 Å². The molecule has 4 rings (SSSR count). The van der Waals surface area contributed by atoms with Gasteiger partial charge in [0.1, 0.15) is 11.8 Å². The summed E-state index contributed by atoms with van der Waals surface area (Å²) >= 11 is 0. The summed E-state index contributed by atoms with van der Waals surface area (Å²) in [6.45, 7) is 4.93. The molecule has 3 aromatic carbocycles. The second-order valence-electron chi connectivity index (χ2n) is 9.38. The lowest BCUT2D eigenvalue weighted by atomic mass is 9.98. The number of urea groups is 1. The topological polar surface area (TPSA) is 133 Å². The van der Waals surface area contributed by atoms with Crippen LogP contribution in [-0.4, -0.2) is 61.8 Å². The van der Waals surface area contributed by atoms with Crippen LogP contribution in [0.15, 0.2) is 72.8 Å². The number of aromatic hydroxyl groups is 1. The summed E-state index contributed by atoms with van der Waals surface area (Å²) in [6.07, 6.45) is 2.00. The van der Waals surface area contributed by atoms with Crippen LogP contribution >= 0.6 is 0 Å². The zero-order chi connectivity index (χ0) is 28.3. The molecule has 0 aliphatic heterocycles. The van der Waals surface area contributed by atoms with E-state index < -0.39 is 12.0 Å². The van der Waals surface area contributed by atoms with E-state index in [0.29, 0.717) is 18.9 Å². The average molecular weight is 543 g/mol. The van der Waals surface area contributed by atoms with Gasteiger partial charge in [0.05, 0.1) is 6.61 Å². The van der Waals surface area contributed by atoms with Crippen LogP contribution in [0.2, 0.25) is 0 Å². The Hall–Kier alpha value is -4.73. The highest BCUT2D eigenvalue weighted by atomic mass is 16.5. The molecule has 3 N–H and O–H groups in total. The van der Waals surface area contributed by atoms with Crippen LogP contribution in [0.1, 0.15) is 37.8 Å². The number of ether oxygens (including phenoxy) is 1. The van der Waals surface area contributed by atoms with Crippen molar-refractivity contribution in [3.8, 4) is 28.3 Å². The molecule has 40 heavy (non-hydrogen) atoms. The molecule has 1 atom stereocenters. The van der Waals surface area contributed by atoms with Gasteiger partial charge in [-0.2, -0.15) is 5.21 Å². The number of phenols is 1. The van der Waals surface area contributed by atoms with E-state index in [1.54, 1.807) is 36.1 Å². The number of hydrogen-bond acceptors (Lipinski definition) is 7. The lowest BCUT2D eigenvalue weighted by Crippen LogP contribution is -2.49. The summed E-state index contributed by atoms with van der Waals surface area (Å²) in [6, 6.07) is 21.2. The number of rotatable bonds is 12. The van der Waals surface area contributed by atoms with Crippen LogP contribution in [0.5, 0.6) is 5.75 Å². The maximum atomic E-state index is 13.4. The number of nitrogens with zero attached hydrogens (tertiary/aromatic N) is 4. The number of aromatic amines is 1. The van der Waals surface area contributed by atoms with Crippen molar-refractivity contribution < 1.29 is 19.4 Å². The van der Waals surface area contributed by atoms with Gasteiger partial charge in [-0.25, -0.2) is 9.59 Å². The van der Waals surface area contributed by atoms with E-state index in [-0.39, 0.29) is 24.8 Å². The van der Waals surface area contributed by atoms with E-state index in [2.05, 4.69) is 32.9 Å². The van der Waals surface area contributed by atoms with E-state index in [1.807, 2.05) is 48.5 Å².